The van der Waals surface area contributed by atoms with Crippen molar-refractivity contribution >= 4 is 11.9 Å². The van der Waals surface area contributed by atoms with E-state index in [9.17, 15) is 24.8 Å². The molecule has 0 saturated carbocycles. The van der Waals surface area contributed by atoms with E-state index in [2.05, 4.69) is 23.6 Å². The number of allylic oxidation sites excluding steroid dienone is 3. The van der Waals surface area contributed by atoms with Gasteiger partial charge in [0, 0.05) is 5.92 Å². The summed E-state index contributed by atoms with van der Waals surface area (Å²) in [4.78, 5) is 37.3. The Hall–Kier alpha value is -3.62. The second-order valence-electron chi connectivity index (χ2n) is 12.7. The molecule has 0 saturated heterocycles. The van der Waals surface area contributed by atoms with E-state index in [0.717, 1.165) is 35.1 Å². The van der Waals surface area contributed by atoms with Crippen LogP contribution >= 0.6 is 0 Å². The minimum atomic E-state index is -4.26. The molecule has 312 valence electrons. The van der Waals surface area contributed by atoms with E-state index in [1.54, 1.807) is 0 Å². The average Bonchev–Trinajstić information content (AvgIpc) is 3.14. The van der Waals surface area contributed by atoms with E-state index in [4.69, 9.17) is 43.0 Å². The van der Waals surface area contributed by atoms with E-state index in [-0.39, 0.29) is 90.7 Å². The van der Waals surface area contributed by atoms with Gasteiger partial charge in [0.25, 0.3) is 5.09 Å². The Kier molecular flexibility index (Phi) is 23.4. The molecule has 0 radical (unpaired) electrons. The second kappa shape index (κ2) is 27.1. The molecule has 2 unspecified atom stereocenters. The van der Waals surface area contributed by atoms with Crippen LogP contribution in [-0.4, -0.2) is 131 Å². The summed E-state index contributed by atoms with van der Waals surface area (Å²) < 4.78 is 72.8. The summed E-state index contributed by atoms with van der Waals surface area (Å²) in [7, 11) is 0. The first-order valence-electron chi connectivity index (χ1n) is 18.1. The number of rotatable bonds is 32. The number of esters is 1. The zero-order valence-electron chi connectivity index (χ0n) is 31.5. The number of alkyl halides is 2. The maximum atomic E-state index is 15.5. The van der Waals surface area contributed by atoms with Crippen LogP contribution in [0.2, 0.25) is 0 Å². The van der Waals surface area contributed by atoms with Crippen LogP contribution in [-0.2, 0) is 58.9 Å². The van der Waals surface area contributed by atoms with Crippen LogP contribution < -0.4 is 0 Å². The van der Waals surface area contributed by atoms with E-state index < -0.39 is 61.8 Å². The lowest BCUT2D eigenvalue weighted by Crippen LogP contribution is -2.49. The summed E-state index contributed by atoms with van der Waals surface area (Å²) in [6, 6.07) is 5.79. The van der Waals surface area contributed by atoms with Gasteiger partial charge in [0.15, 0.2) is 12.4 Å². The maximum absolute atomic E-state index is 15.5. The van der Waals surface area contributed by atoms with Crippen LogP contribution in [0.1, 0.15) is 55.2 Å². The number of carboxylic acid groups (broad SMARTS) is 1. The van der Waals surface area contributed by atoms with E-state index in [1.165, 1.54) is 0 Å². The average molecular weight is 792 g/mol. The minimum Gasteiger partial charge on any atom is -0.480 e. The molecule has 1 aromatic rings. The van der Waals surface area contributed by atoms with Crippen molar-refractivity contribution in [2.45, 2.75) is 70.4 Å². The predicted molar refractivity (Wildman–Crippen MR) is 191 cm³/mol. The molecule has 1 aromatic carbocycles. The van der Waals surface area contributed by atoms with Crippen molar-refractivity contribution in [2.24, 2.45) is 5.92 Å². The van der Waals surface area contributed by atoms with Gasteiger partial charge in [-0.1, -0.05) is 48.1 Å². The number of aliphatic hydroxyl groups is 1. The van der Waals surface area contributed by atoms with Gasteiger partial charge in [-0.2, -0.15) is 8.78 Å². The number of ether oxygens (including phenoxy) is 8. The molecule has 0 spiro atoms. The maximum Gasteiger partial charge on any atom is 0.379 e. The van der Waals surface area contributed by atoms with Gasteiger partial charge < -0.3 is 52.9 Å². The standard InChI is InChI=1S/C37H55F2NO15/c1-27(2)30-8-4-5-9-31(30)32-22-28(3)10-11-29(32)23-52-24-33(37(38,39)36(44)53-12-6-7-13-54-40(45)46)55-35(43)26-51-21-19-49-17-15-47-14-16-48-18-20-50-25-34(41)42/h5,9-11,22,30-31,33,35,43H,1,4,6-8,12-21,23-26H2,2-3H3,(H,41,42)/t30-,31-,33?,35?/m0/s1. The number of carbonyl (C=O) groups excluding carboxylic acids is 1. The van der Waals surface area contributed by atoms with Crippen molar-refractivity contribution in [3.8, 4) is 0 Å². The van der Waals surface area contributed by atoms with Crippen molar-refractivity contribution in [3.63, 3.8) is 0 Å². The van der Waals surface area contributed by atoms with Crippen LogP contribution in [0.15, 0.2) is 42.5 Å². The van der Waals surface area contributed by atoms with Crippen molar-refractivity contribution in [1.29, 1.82) is 0 Å². The van der Waals surface area contributed by atoms with Gasteiger partial charge in [-0.05, 0) is 56.6 Å². The number of aliphatic carboxylic acids is 1. The molecule has 2 rings (SSSR count). The summed E-state index contributed by atoms with van der Waals surface area (Å²) in [5.41, 5.74) is 3.79. The summed E-state index contributed by atoms with van der Waals surface area (Å²) in [5.74, 6) is -7.02. The van der Waals surface area contributed by atoms with Crippen LogP contribution in [0.5, 0.6) is 0 Å². The first kappa shape index (κ1) is 47.5. The second-order valence-corrected chi connectivity index (χ2v) is 12.7. The summed E-state index contributed by atoms with van der Waals surface area (Å²) in [5, 5.41) is 28.2. The highest BCUT2D eigenvalue weighted by molar-refractivity contribution is 5.78. The van der Waals surface area contributed by atoms with Crippen LogP contribution in [0, 0.1) is 23.0 Å². The largest absolute Gasteiger partial charge is 0.480 e. The monoisotopic (exact) mass is 791 g/mol. The van der Waals surface area contributed by atoms with E-state index >= 15 is 8.78 Å². The van der Waals surface area contributed by atoms with Crippen LogP contribution in [0.4, 0.5) is 8.78 Å². The molecule has 16 nitrogen and oxygen atoms in total. The Morgan fingerprint density at radius 3 is 2.18 bits per heavy atom. The Labute approximate surface area is 319 Å². The number of hydrogen-bond donors (Lipinski definition) is 2. The number of aliphatic hydroxyl groups excluding tert-OH is 1. The molecule has 0 aliphatic heterocycles. The number of nitrogens with zero attached hydrogens (tertiary/aromatic N) is 1. The normalized spacial score (nSPS) is 16.7. The third-order valence-corrected chi connectivity index (χ3v) is 8.18. The third-order valence-electron chi connectivity index (χ3n) is 8.18. The lowest BCUT2D eigenvalue weighted by Gasteiger charge is -2.31. The van der Waals surface area contributed by atoms with Gasteiger partial charge in [-0.25, -0.2) is 9.59 Å². The van der Waals surface area contributed by atoms with Gasteiger partial charge in [-0.3, -0.25) is 0 Å². The summed E-state index contributed by atoms with van der Waals surface area (Å²) in [6.45, 7) is 7.05. The van der Waals surface area contributed by atoms with Gasteiger partial charge in [0.1, 0.15) is 6.61 Å². The third kappa shape index (κ3) is 19.7. The van der Waals surface area contributed by atoms with Gasteiger partial charge in [0.05, 0.1) is 85.9 Å². The lowest BCUT2D eigenvalue weighted by atomic mass is 9.75. The fraction of sp³-hybridized carbons (Fsp3) is 0.676. The van der Waals surface area contributed by atoms with Gasteiger partial charge in [-0.15, -0.1) is 10.1 Å². The smallest absolute Gasteiger partial charge is 0.379 e. The molecule has 0 heterocycles. The number of unbranched alkanes of at least 4 members (excludes halogenated alkanes) is 1. The highest BCUT2D eigenvalue weighted by atomic mass is 19.3. The zero-order valence-corrected chi connectivity index (χ0v) is 31.5. The Balaban J connectivity index is 1.89. The Morgan fingerprint density at radius 2 is 1.56 bits per heavy atom. The molecular formula is C37H55F2NO15. The molecule has 0 amide bonds. The quantitative estimate of drug-likeness (QED) is 0.0263. The molecule has 4 atom stereocenters. The van der Waals surface area contributed by atoms with E-state index in [0.29, 0.717) is 0 Å². The van der Waals surface area contributed by atoms with E-state index in [1.807, 2.05) is 32.0 Å². The fourth-order valence-electron chi connectivity index (χ4n) is 5.45. The molecule has 0 fully saturated rings. The highest BCUT2D eigenvalue weighted by Gasteiger charge is 2.51. The molecule has 1 aliphatic carbocycles. The van der Waals surface area contributed by atoms with Crippen LogP contribution in [0.3, 0.4) is 0 Å². The number of carboxylic acids is 1. The topological polar surface area (TPSA) is 201 Å². The molecule has 0 bridgehead atoms. The fourth-order valence-corrected chi connectivity index (χ4v) is 5.45. The van der Waals surface area contributed by atoms with Gasteiger partial charge in [0.2, 0.25) is 0 Å². The first-order chi connectivity index (χ1) is 26.3. The van der Waals surface area contributed by atoms with Crippen molar-refractivity contribution in [1.82, 2.24) is 0 Å². The van der Waals surface area contributed by atoms with Crippen molar-refractivity contribution in [3.05, 3.63) is 69.3 Å². The van der Waals surface area contributed by atoms with Gasteiger partial charge >= 0.3 is 17.9 Å². The molecule has 1 aliphatic rings. The number of hydrogen-bond acceptors (Lipinski definition) is 14. The number of halogens is 2. The number of benzene rings is 1. The Morgan fingerprint density at radius 1 is 0.945 bits per heavy atom. The summed E-state index contributed by atoms with van der Waals surface area (Å²) in [6.07, 6.45) is 2.06. The number of aryl methyl sites for hydroxylation is 1. The highest BCUT2D eigenvalue weighted by Crippen LogP contribution is 2.39. The molecule has 0 aromatic heterocycles. The zero-order chi connectivity index (χ0) is 40.5. The lowest BCUT2D eigenvalue weighted by molar-refractivity contribution is -0.757. The van der Waals surface area contributed by atoms with Crippen LogP contribution in [0.25, 0.3) is 0 Å². The molecule has 18 heteroatoms. The number of carbonyl (C=O) groups is 2. The molecule has 55 heavy (non-hydrogen) atoms. The summed E-state index contributed by atoms with van der Waals surface area (Å²) >= 11 is 0. The first-order valence-corrected chi connectivity index (χ1v) is 18.1. The van der Waals surface area contributed by atoms with Crippen molar-refractivity contribution in [2.75, 3.05) is 85.9 Å². The predicted octanol–water partition coefficient (Wildman–Crippen LogP) is 4.18. The SMILES string of the molecule is C=C(C)[C@@H]1CCC=C[C@@H]1c1cc(C)ccc1COCC(OC(O)COCCOCCOCCOCCOCC(=O)O)C(F)(F)C(=O)OCCCCO[N+](=O)[O-]. The Bertz CT molecular complexity index is 1330. The van der Waals surface area contributed by atoms with Crippen molar-refractivity contribution < 1.29 is 76.4 Å². The molecule has 2 N–H and O–H groups in total. The molecular weight excluding hydrogens is 736 g/mol. The minimum absolute atomic E-state index is 0.0172.